The number of anilines is 2. The lowest BCUT2D eigenvalue weighted by Gasteiger charge is -2.16. The average Bonchev–Trinajstić information content (AvgIpc) is 2.57. The molecule has 0 atom stereocenters. The Hall–Kier alpha value is -2.44. The zero-order chi connectivity index (χ0) is 12.6. The van der Waals surface area contributed by atoms with Gasteiger partial charge in [0.05, 0.1) is 29.3 Å². The Bertz CT molecular complexity index is 526. The van der Waals surface area contributed by atoms with Crippen LogP contribution in [-0.2, 0) is 9.59 Å². The number of nitrogen functional groups attached to an aromatic ring is 1. The monoisotopic (exact) mass is 235 g/mol. The van der Waals surface area contributed by atoms with Crippen LogP contribution in [0.1, 0.15) is 6.42 Å². The van der Waals surface area contributed by atoms with Gasteiger partial charge < -0.3 is 10.6 Å². The van der Waals surface area contributed by atoms with Gasteiger partial charge in [-0.15, -0.1) is 0 Å². The van der Waals surface area contributed by atoms with Gasteiger partial charge in [0.15, 0.2) is 5.78 Å². The topological polar surface area (TPSA) is 107 Å². The number of benzene rings is 1. The summed E-state index contributed by atoms with van der Waals surface area (Å²) in [5.74, 6) is -0.525. The van der Waals surface area contributed by atoms with E-state index in [1.807, 2.05) is 0 Å². The fourth-order valence-electron chi connectivity index (χ4n) is 1.71. The average molecular weight is 235 g/mol. The molecule has 1 aliphatic rings. The number of hydrogen-bond acceptors (Lipinski definition) is 5. The molecule has 1 amide bonds. The summed E-state index contributed by atoms with van der Waals surface area (Å²) in [4.78, 5) is 33.8. The number of nitrogens with zero attached hydrogens (tertiary/aromatic N) is 2. The molecule has 17 heavy (non-hydrogen) atoms. The quantitative estimate of drug-likeness (QED) is 0.347. The number of amides is 1. The van der Waals surface area contributed by atoms with Gasteiger partial charge in [0, 0.05) is 12.1 Å². The van der Waals surface area contributed by atoms with E-state index in [0.29, 0.717) is 5.69 Å². The van der Waals surface area contributed by atoms with Crippen molar-refractivity contribution in [1.82, 2.24) is 0 Å². The zero-order valence-electron chi connectivity index (χ0n) is 8.75. The van der Waals surface area contributed by atoms with Crippen LogP contribution in [0.2, 0.25) is 0 Å². The molecule has 1 aliphatic heterocycles. The number of carbonyl (C=O) groups is 2. The molecule has 1 fully saturated rings. The normalized spacial score (nSPS) is 15.4. The molecule has 88 valence electrons. The lowest BCUT2D eigenvalue weighted by molar-refractivity contribution is -0.384. The molecule has 0 radical (unpaired) electrons. The summed E-state index contributed by atoms with van der Waals surface area (Å²) in [6.07, 6.45) is -0.142. The molecule has 0 spiro atoms. The van der Waals surface area contributed by atoms with Crippen LogP contribution >= 0.6 is 0 Å². The maximum atomic E-state index is 11.5. The molecule has 2 N–H and O–H groups in total. The van der Waals surface area contributed by atoms with Crippen molar-refractivity contribution in [3.05, 3.63) is 28.3 Å². The van der Waals surface area contributed by atoms with E-state index >= 15 is 0 Å². The van der Waals surface area contributed by atoms with Crippen molar-refractivity contribution >= 4 is 28.8 Å². The number of nitro groups is 1. The van der Waals surface area contributed by atoms with Crippen LogP contribution in [0.3, 0.4) is 0 Å². The van der Waals surface area contributed by atoms with Gasteiger partial charge >= 0.3 is 0 Å². The van der Waals surface area contributed by atoms with Crippen molar-refractivity contribution < 1.29 is 14.5 Å². The number of rotatable bonds is 2. The predicted molar refractivity (Wildman–Crippen MR) is 59.5 cm³/mol. The maximum Gasteiger partial charge on any atom is 0.271 e. The lowest BCUT2D eigenvalue weighted by Crippen LogP contribution is -2.25. The lowest BCUT2D eigenvalue weighted by atomic mass is 10.2. The second-order valence-corrected chi connectivity index (χ2v) is 3.70. The molecule has 7 heteroatoms. The molecular weight excluding hydrogens is 226 g/mol. The van der Waals surface area contributed by atoms with E-state index in [2.05, 4.69) is 0 Å². The summed E-state index contributed by atoms with van der Waals surface area (Å²) in [5, 5.41) is 10.5. The SMILES string of the molecule is Nc1cc([N+](=O)[O-])ccc1N1CC(=O)CC1=O. The van der Waals surface area contributed by atoms with E-state index < -0.39 is 4.92 Å². The maximum absolute atomic E-state index is 11.5. The summed E-state index contributed by atoms with van der Waals surface area (Å²) in [6.45, 7) is -0.0269. The van der Waals surface area contributed by atoms with Crippen molar-refractivity contribution in [1.29, 1.82) is 0 Å². The van der Waals surface area contributed by atoms with E-state index in [1.165, 1.54) is 23.1 Å². The summed E-state index contributed by atoms with van der Waals surface area (Å²) in [5.41, 5.74) is 5.94. The Morgan fingerprint density at radius 2 is 2.06 bits per heavy atom. The number of hydrogen-bond donors (Lipinski definition) is 1. The highest BCUT2D eigenvalue weighted by molar-refractivity contribution is 6.16. The largest absolute Gasteiger partial charge is 0.397 e. The second-order valence-electron chi connectivity index (χ2n) is 3.70. The Balaban J connectivity index is 2.37. The van der Waals surface area contributed by atoms with E-state index in [4.69, 9.17) is 5.73 Å². The minimum absolute atomic E-state index is 0.0269. The first kappa shape index (κ1) is 11.1. The first-order valence-corrected chi connectivity index (χ1v) is 4.85. The fourth-order valence-corrected chi connectivity index (χ4v) is 1.71. The Morgan fingerprint density at radius 3 is 2.53 bits per heavy atom. The van der Waals surface area contributed by atoms with Gasteiger partial charge in [-0.1, -0.05) is 0 Å². The van der Waals surface area contributed by atoms with Gasteiger partial charge in [-0.25, -0.2) is 0 Å². The summed E-state index contributed by atoms with van der Waals surface area (Å²) >= 11 is 0. The van der Waals surface area contributed by atoms with Crippen LogP contribution < -0.4 is 10.6 Å². The molecule has 2 rings (SSSR count). The third-order valence-corrected chi connectivity index (χ3v) is 2.50. The van der Waals surface area contributed by atoms with Gasteiger partial charge in [0.25, 0.3) is 5.69 Å². The van der Waals surface area contributed by atoms with Gasteiger partial charge in [0.1, 0.15) is 0 Å². The summed E-state index contributed by atoms with van der Waals surface area (Å²) < 4.78 is 0. The van der Waals surface area contributed by atoms with Crippen LogP contribution in [0.4, 0.5) is 17.1 Å². The molecule has 0 aliphatic carbocycles. The fraction of sp³-hybridized carbons (Fsp3) is 0.200. The predicted octanol–water partition coefficient (Wildman–Crippen LogP) is 0.483. The Morgan fingerprint density at radius 1 is 1.35 bits per heavy atom. The highest BCUT2D eigenvalue weighted by Crippen LogP contribution is 2.29. The third-order valence-electron chi connectivity index (χ3n) is 2.50. The van der Waals surface area contributed by atoms with E-state index in [0.717, 1.165) is 0 Å². The highest BCUT2D eigenvalue weighted by atomic mass is 16.6. The summed E-state index contributed by atoms with van der Waals surface area (Å²) in [6, 6.07) is 3.80. The first-order chi connectivity index (χ1) is 7.99. The van der Waals surface area contributed by atoms with Crippen LogP contribution in [0.15, 0.2) is 18.2 Å². The third kappa shape index (κ3) is 1.94. The number of ketones is 1. The van der Waals surface area contributed by atoms with Crippen LogP contribution in [0.5, 0.6) is 0 Å². The van der Waals surface area contributed by atoms with Gasteiger partial charge in [-0.2, -0.15) is 0 Å². The number of carbonyl (C=O) groups excluding carboxylic acids is 2. The number of nitro benzene ring substituents is 1. The van der Waals surface area contributed by atoms with Crippen molar-refractivity contribution in [2.75, 3.05) is 17.2 Å². The Kier molecular flexibility index (Phi) is 2.51. The van der Waals surface area contributed by atoms with E-state index in [1.54, 1.807) is 0 Å². The molecule has 1 saturated heterocycles. The molecule has 1 aromatic carbocycles. The number of nitrogens with two attached hydrogens (primary N) is 1. The minimum atomic E-state index is -0.572. The first-order valence-electron chi connectivity index (χ1n) is 4.85. The minimum Gasteiger partial charge on any atom is -0.397 e. The second kappa shape index (κ2) is 3.85. The van der Waals surface area contributed by atoms with Crippen LogP contribution in [0.25, 0.3) is 0 Å². The molecule has 1 aromatic rings. The molecule has 0 bridgehead atoms. The van der Waals surface area contributed by atoms with E-state index in [9.17, 15) is 19.7 Å². The molecular formula is C10H9N3O4. The molecule has 0 unspecified atom stereocenters. The van der Waals surface area contributed by atoms with Crippen molar-refractivity contribution in [3.8, 4) is 0 Å². The molecule has 7 nitrogen and oxygen atoms in total. The van der Waals surface area contributed by atoms with Crippen LogP contribution in [-0.4, -0.2) is 23.2 Å². The Labute approximate surface area is 96.0 Å². The van der Waals surface area contributed by atoms with Crippen LogP contribution in [0, 0.1) is 10.1 Å². The van der Waals surface area contributed by atoms with Crippen molar-refractivity contribution in [3.63, 3.8) is 0 Å². The molecule has 0 saturated carbocycles. The molecule has 0 aromatic heterocycles. The van der Waals surface area contributed by atoms with Crippen molar-refractivity contribution in [2.45, 2.75) is 6.42 Å². The van der Waals surface area contributed by atoms with Gasteiger partial charge in [0.2, 0.25) is 5.91 Å². The number of non-ortho nitro benzene ring substituents is 1. The van der Waals surface area contributed by atoms with E-state index in [-0.39, 0.29) is 36.0 Å². The number of Topliss-reactive ketones (excluding diaryl/α,β-unsaturated/α-hetero) is 1. The van der Waals surface area contributed by atoms with Crippen molar-refractivity contribution in [2.24, 2.45) is 0 Å². The highest BCUT2D eigenvalue weighted by Gasteiger charge is 2.30. The van der Waals surface area contributed by atoms with Gasteiger partial charge in [-0.3, -0.25) is 19.7 Å². The molecule has 1 heterocycles. The summed E-state index contributed by atoms with van der Waals surface area (Å²) in [7, 11) is 0. The van der Waals surface area contributed by atoms with Gasteiger partial charge in [-0.05, 0) is 6.07 Å². The smallest absolute Gasteiger partial charge is 0.271 e. The zero-order valence-corrected chi connectivity index (χ0v) is 8.75. The standard InChI is InChI=1S/C10H9N3O4/c11-8-3-6(13(16)17)1-2-9(8)12-5-7(14)4-10(12)15/h1-3H,4-5,11H2.